The van der Waals surface area contributed by atoms with Gasteiger partial charge in [0.05, 0.1) is 11.3 Å². The molecule has 2 aromatic rings. The highest BCUT2D eigenvalue weighted by Gasteiger charge is 2.33. The summed E-state index contributed by atoms with van der Waals surface area (Å²) in [7, 11) is 0. The molecule has 0 aliphatic rings. The van der Waals surface area contributed by atoms with Crippen LogP contribution in [0.3, 0.4) is 0 Å². The predicted molar refractivity (Wildman–Crippen MR) is 89.5 cm³/mol. The maximum atomic E-state index is 12.5. The second-order valence-electron chi connectivity index (χ2n) is 6.09. The minimum absolute atomic E-state index is 0.267. The first-order valence-corrected chi connectivity index (χ1v) is 7.94. The summed E-state index contributed by atoms with van der Waals surface area (Å²) in [6.45, 7) is 3.98. The Morgan fingerprint density at radius 1 is 1.19 bits per heavy atom. The minimum atomic E-state index is -4.57. The Morgan fingerprint density at radius 2 is 1.88 bits per heavy atom. The van der Waals surface area contributed by atoms with Crippen LogP contribution in [0.4, 0.5) is 18.9 Å². The monoisotopic (exact) mass is 368 g/mol. The Morgan fingerprint density at radius 3 is 2.50 bits per heavy atom. The summed E-state index contributed by atoms with van der Waals surface area (Å²) in [6.07, 6.45) is -3.49. The second kappa shape index (κ2) is 8.03. The Kier molecular flexibility index (Phi) is 6.01. The number of para-hydroxylation sites is 1. The van der Waals surface area contributed by atoms with Crippen molar-refractivity contribution in [3.8, 4) is 0 Å². The van der Waals surface area contributed by atoms with E-state index < -0.39 is 24.3 Å². The third-order valence-electron chi connectivity index (χ3n) is 3.35. The van der Waals surface area contributed by atoms with Gasteiger partial charge in [0.15, 0.2) is 5.69 Å². The summed E-state index contributed by atoms with van der Waals surface area (Å²) in [6, 6.07) is 7.20. The van der Waals surface area contributed by atoms with Gasteiger partial charge in [0, 0.05) is 12.7 Å². The van der Waals surface area contributed by atoms with Crippen LogP contribution in [0.2, 0.25) is 0 Å². The highest BCUT2D eigenvalue weighted by molar-refractivity contribution is 6.03. The van der Waals surface area contributed by atoms with Crippen LogP contribution in [-0.4, -0.2) is 28.1 Å². The lowest BCUT2D eigenvalue weighted by atomic mass is 10.1. The number of alkyl halides is 3. The zero-order valence-corrected chi connectivity index (χ0v) is 14.3. The fourth-order valence-electron chi connectivity index (χ4n) is 2.12. The zero-order chi connectivity index (χ0) is 19.3. The number of benzene rings is 1. The molecule has 0 atom stereocenters. The van der Waals surface area contributed by atoms with E-state index in [1.807, 2.05) is 13.8 Å². The first kappa shape index (κ1) is 19.5. The highest BCUT2D eigenvalue weighted by Crippen LogP contribution is 2.27. The Hall–Kier alpha value is -2.84. The van der Waals surface area contributed by atoms with Gasteiger partial charge in [0.1, 0.15) is 6.54 Å². The molecular formula is C17H19F3N4O2. The largest absolute Gasteiger partial charge is 0.435 e. The second-order valence-corrected chi connectivity index (χ2v) is 6.09. The standard InChI is InChI=1S/C17H19F3N4O2/c1-11(2)9-21-16(26)12-5-3-4-6-13(12)22-15(25)10-24-8-7-14(23-24)17(18,19)20/h3-8,11H,9-10H2,1-2H3,(H,21,26)(H,22,25). The van der Waals surface area contributed by atoms with Gasteiger partial charge >= 0.3 is 6.18 Å². The molecule has 0 aliphatic carbocycles. The van der Waals surface area contributed by atoms with Crippen LogP contribution in [0.1, 0.15) is 29.9 Å². The highest BCUT2D eigenvalue weighted by atomic mass is 19.4. The van der Waals surface area contributed by atoms with E-state index in [-0.39, 0.29) is 23.1 Å². The fraction of sp³-hybridized carbons (Fsp3) is 0.353. The number of carbonyl (C=O) groups is 2. The molecule has 6 nitrogen and oxygen atoms in total. The van der Waals surface area contributed by atoms with Crippen LogP contribution in [0, 0.1) is 5.92 Å². The van der Waals surface area contributed by atoms with Crippen LogP contribution >= 0.6 is 0 Å². The van der Waals surface area contributed by atoms with Crippen LogP contribution in [-0.2, 0) is 17.5 Å². The molecule has 2 amide bonds. The normalized spacial score (nSPS) is 11.5. The quantitative estimate of drug-likeness (QED) is 0.823. The molecule has 26 heavy (non-hydrogen) atoms. The summed E-state index contributed by atoms with van der Waals surface area (Å²) >= 11 is 0. The minimum Gasteiger partial charge on any atom is -0.352 e. The van der Waals surface area contributed by atoms with Crippen molar-refractivity contribution in [2.75, 3.05) is 11.9 Å². The molecule has 0 fully saturated rings. The van der Waals surface area contributed by atoms with Crippen molar-refractivity contribution in [3.63, 3.8) is 0 Å². The van der Waals surface area contributed by atoms with Crippen molar-refractivity contribution in [3.05, 3.63) is 47.8 Å². The SMILES string of the molecule is CC(C)CNC(=O)c1ccccc1NC(=O)Cn1ccc(C(F)(F)F)n1. The van der Waals surface area contributed by atoms with Gasteiger partial charge in [-0.2, -0.15) is 18.3 Å². The molecule has 140 valence electrons. The molecule has 0 unspecified atom stereocenters. The number of nitrogens with one attached hydrogen (secondary N) is 2. The molecule has 2 N–H and O–H groups in total. The van der Waals surface area contributed by atoms with Crippen LogP contribution in [0.5, 0.6) is 0 Å². The summed E-state index contributed by atoms with van der Waals surface area (Å²) in [5.74, 6) is -0.665. The van der Waals surface area contributed by atoms with Gasteiger partial charge in [-0.3, -0.25) is 14.3 Å². The van der Waals surface area contributed by atoms with E-state index in [2.05, 4.69) is 15.7 Å². The molecule has 0 bridgehead atoms. The molecule has 2 rings (SSSR count). The average Bonchev–Trinajstić information content (AvgIpc) is 3.01. The number of hydrogen-bond acceptors (Lipinski definition) is 3. The van der Waals surface area contributed by atoms with E-state index in [0.717, 1.165) is 16.9 Å². The van der Waals surface area contributed by atoms with Gasteiger partial charge in [-0.1, -0.05) is 26.0 Å². The van der Waals surface area contributed by atoms with E-state index >= 15 is 0 Å². The summed E-state index contributed by atoms with van der Waals surface area (Å²) in [5.41, 5.74) is -0.515. The molecule has 1 heterocycles. The molecule has 1 aromatic heterocycles. The van der Waals surface area contributed by atoms with Crippen molar-refractivity contribution < 1.29 is 22.8 Å². The lowest BCUT2D eigenvalue weighted by Gasteiger charge is -2.12. The molecular weight excluding hydrogens is 349 g/mol. The number of halogens is 3. The van der Waals surface area contributed by atoms with Gasteiger partial charge in [0.2, 0.25) is 5.91 Å². The first-order chi connectivity index (χ1) is 12.2. The number of aromatic nitrogens is 2. The molecule has 0 aliphatic heterocycles. The lowest BCUT2D eigenvalue weighted by Crippen LogP contribution is -2.29. The van der Waals surface area contributed by atoms with Crippen molar-refractivity contribution in [1.29, 1.82) is 0 Å². The van der Waals surface area contributed by atoms with Crippen molar-refractivity contribution in [1.82, 2.24) is 15.1 Å². The van der Waals surface area contributed by atoms with Crippen LogP contribution in [0.25, 0.3) is 0 Å². The van der Waals surface area contributed by atoms with Crippen molar-refractivity contribution >= 4 is 17.5 Å². The van der Waals surface area contributed by atoms with Gasteiger partial charge in [0.25, 0.3) is 5.91 Å². The van der Waals surface area contributed by atoms with Gasteiger partial charge in [-0.25, -0.2) is 0 Å². The molecule has 0 saturated carbocycles. The van der Waals surface area contributed by atoms with E-state index in [1.165, 1.54) is 0 Å². The van der Waals surface area contributed by atoms with Crippen LogP contribution in [0.15, 0.2) is 36.5 Å². The van der Waals surface area contributed by atoms with Gasteiger partial charge in [-0.05, 0) is 24.1 Å². The summed E-state index contributed by atoms with van der Waals surface area (Å²) < 4.78 is 38.5. The fourth-order valence-corrected chi connectivity index (χ4v) is 2.12. The van der Waals surface area contributed by atoms with Gasteiger partial charge < -0.3 is 10.6 Å². The number of nitrogens with zero attached hydrogens (tertiary/aromatic N) is 2. The van der Waals surface area contributed by atoms with Crippen LogP contribution < -0.4 is 10.6 Å². The number of amides is 2. The zero-order valence-electron chi connectivity index (χ0n) is 14.3. The topological polar surface area (TPSA) is 76.0 Å². The number of anilines is 1. The number of carbonyl (C=O) groups excluding carboxylic acids is 2. The molecule has 1 aromatic carbocycles. The van der Waals surface area contributed by atoms with Gasteiger partial charge in [-0.15, -0.1) is 0 Å². The predicted octanol–water partition coefficient (Wildman–Crippen LogP) is 2.93. The van der Waals surface area contributed by atoms with Crippen molar-refractivity contribution in [2.45, 2.75) is 26.6 Å². The number of rotatable bonds is 6. The molecule has 9 heteroatoms. The third kappa shape index (κ3) is 5.33. The molecule has 0 spiro atoms. The van der Waals surface area contributed by atoms with E-state index in [9.17, 15) is 22.8 Å². The lowest BCUT2D eigenvalue weighted by molar-refractivity contribution is -0.141. The van der Waals surface area contributed by atoms with E-state index in [4.69, 9.17) is 0 Å². The maximum absolute atomic E-state index is 12.5. The summed E-state index contributed by atoms with van der Waals surface area (Å²) in [5, 5.41) is 8.60. The third-order valence-corrected chi connectivity index (χ3v) is 3.35. The smallest absolute Gasteiger partial charge is 0.352 e. The Labute approximate surface area is 148 Å². The molecule has 0 saturated heterocycles. The molecule has 0 radical (unpaired) electrons. The summed E-state index contributed by atoms with van der Waals surface area (Å²) in [4.78, 5) is 24.3. The first-order valence-electron chi connectivity index (χ1n) is 7.94. The maximum Gasteiger partial charge on any atom is 0.435 e. The average molecular weight is 368 g/mol. The van der Waals surface area contributed by atoms with E-state index in [1.54, 1.807) is 24.3 Å². The van der Waals surface area contributed by atoms with E-state index in [0.29, 0.717) is 6.54 Å². The van der Waals surface area contributed by atoms with Crippen molar-refractivity contribution in [2.24, 2.45) is 5.92 Å². The number of hydrogen-bond donors (Lipinski definition) is 2. The Bertz CT molecular complexity index is 784. The Balaban J connectivity index is 2.05.